The molecule has 2 heterocycles. The molecule has 0 aliphatic heterocycles. The number of nitrogens with one attached hydrogen (secondary N) is 1. The van der Waals surface area contributed by atoms with E-state index in [1.165, 1.54) is 0 Å². The molecular weight excluding hydrogens is 292 g/mol. The maximum absolute atomic E-state index is 9.99. The Morgan fingerprint density at radius 1 is 1.33 bits per heavy atom. The Kier molecular flexibility index (Phi) is 4.74. The van der Waals surface area contributed by atoms with Gasteiger partial charge in [-0.15, -0.1) is 0 Å². The average molecular weight is 311 g/mol. The lowest BCUT2D eigenvalue weighted by molar-refractivity contribution is 0.132. The van der Waals surface area contributed by atoms with E-state index in [0.29, 0.717) is 24.9 Å². The van der Waals surface area contributed by atoms with Gasteiger partial charge in [0.2, 0.25) is 17.2 Å². The lowest BCUT2D eigenvalue weighted by atomic mass is 9.89. The van der Waals surface area contributed by atoms with Crippen molar-refractivity contribution in [2.75, 3.05) is 11.9 Å². The second kappa shape index (κ2) is 6.36. The number of halogens is 1. The van der Waals surface area contributed by atoms with Gasteiger partial charge in [0.15, 0.2) is 0 Å². The van der Waals surface area contributed by atoms with E-state index in [2.05, 4.69) is 46.0 Å². The van der Waals surface area contributed by atoms with Crippen molar-refractivity contribution in [3.8, 4) is 5.95 Å². The summed E-state index contributed by atoms with van der Waals surface area (Å²) in [5, 5.41) is 13.1. The summed E-state index contributed by atoms with van der Waals surface area (Å²) in [4.78, 5) is 16.2. The molecule has 2 N–H and O–H groups in total. The average Bonchev–Trinajstić information content (AvgIpc) is 2.87. The quantitative estimate of drug-likeness (QED) is 0.877. The van der Waals surface area contributed by atoms with Crippen molar-refractivity contribution >= 4 is 17.5 Å². The highest BCUT2D eigenvalue weighted by atomic mass is 35.5. The minimum atomic E-state index is -0.489. The van der Waals surface area contributed by atoms with Crippen molar-refractivity contribution in [3.05, 3.63) is 24.0 Å². The van der Waals surface area contributed by atoms with Crippen LogP contribution in [-0.2, 0) is 0 Å². The number of nitrogens with zero attached hydrogens (tertiary/aromatic N) is 5. The number of aliphatic hydroxyl groups is 1. The molecule has 0 aromatic carbocycles. The molecule has 0 fully saturated rings. The van der Waals surface area contributed by atoms with Gasteiger partial charge >= 0.3 is 0 Å². The molecule has 1 unspecified atom stereocenters. The number of anilines is 1. The highest BCUT2D eigenvalue weighted by molar-refractivity contribution is 6.28. The van der Waals surface area contributed by atoms with Gasteiger partial charge in [-0.25, -0.2) is 4.98 Å². The molecular formula is C13H19ClN6O. The van der Waals surface area contributed by atoms with Crippen LogP contribution in [0.2, 0.25) is 5.28 Å². The van der Waals surface area contributed by atoms with E-state index in [9.17, 15) is 5.11 Å². The van der Waals surface area contributed by atoms with Crippen LogP contribution in [0.5, 0.6) is 0 Å². The lowest BCUT2D eigenvalue weighted by Gasteiger charge is -2.22. The second-order valence-electron chi connectivity index (χ2n) is 6.00. The topological polar surface area (TPSA) is 88.8 Å². The van der Waals surface area contributed by atoms with Gasteiger partial charge in [-0.2, -0.15) is 15.0 Å². The Morgan fingerprint density at radius 3 is 2.71 bits per heavy atom. The fourth-order valence-electron chi connectivity index (χ4n) is 1.90. The molecule has 0 spiro atoms. The predicted octanol–water partition coefficient (Wildman–Crippen LogP) is 1.92. The van der Waals surface area contributed by atoms with Crippen LogP contribution in [-0.4, -0.2) is 42.3 Å². The molecule has 0 aliphatic carbocycles. The molecule has 0 amide bonds. The maximum Gasteiger partial charge on any atom is 0.241 e. The van der Waals surface area contributed by atoms with Gasteiger partial charge in [-0.05, 0) is 23.4 Å². The number of rotatable bonds is 5. The van der Waals surface area contributed by atoms with Gasteiger partial charge < -0.3 is 10.4 Å². The Bertz CT molecular complexity index is 581. The normalized spacial score (nSPS) is 13.2. The minimum Gasteiger partial charge on any atom is -0.391 e. The largest absolute Gasteiger partial charge is 0.391 e. The molecule has 0 radical (unpaired) electrons. The van der Waals surface area contributed by atoms with E-state index >= 15 is 0 Å². The van der Waals surface area contributed by atoms with Gasteiger partial charge in [0.1, 0.15) is 6.33 Å². The van der Waals surface area contributed by atoms with Crippen LogP contribution in [0.25, 0.3) is 5.95 Å². The van der Waals surface area contributed by atoms with Crippen LogP contribution >= 0.6 is 11.6 Å². The first-order chi connectivity index (χ1) is 9.83. The summed E-state index contributed by atoms with van der Waals surface area (Å²) in [5.74, 6) is 0.701. The van der Waals surface area contributed by atoms with Crippen LogP contribution in [0.15, 0.2) is 18.7 Å². The summed E-state index contributed by atoms with van der Waals surface area (Å²) in [6.07, 6.45) is 5.09. The van der Waals surface area contributed by atoms with Crippen molar-refractivity contribution in [2.24, 2.45) is 5.41 Å². The summed E-state index contributed by atoms with van der Waals surface area (Å²) in [6.45, 7) is 6.58. The second-order valence-corrected chi connectivity index (χ2v) is 6.34. The van der Waals surface area contributed by atoms with Gasteiger partial charge in [0.05, 0.1) is 6.10 Å². The van der Waals surface area contributed by atoms with Crippen molar-refractivity contribution in [1.82, 2.24) is 24.5 Å². The molecule has 0 saturated heterocycles. The van der Waals surface area contributed by atoms with Crippen LogP contribution in [0.1, 0.15) is 27.2 Å². The highest BCUT2D eigenvalue weighted by Crippen LogP contribution is 2.20. The third-order valence-corrected chi connectivity index (χ3v) is 2.84. The standard InChI is InChI=1S/C13H19ClN6O/c1-13(2,3)6-9(21)7-16-11-17-10(14)18-12(19-11)20-5-4-15-8-20/h4-5,8-9,21H,6-7H2,1-3H3,(H,16,17,18,19). The van der Waals surface area contributed by atoms with Gasteiger partial charge in [0, 0.05) is 18.9 Å². The molecule has 1 atom stereocenters. The fraction of sp³-hybridized carbons (Fsp3) is 0.538. The zero-order valence-corrected chi connectivity index (χ0v) is 13.0. The van der Waals surface area contributed by atoms with Crippen LogP contribution in [0.4, 0.5) is 5.95 Å². The maximum atomic E-state index is 9.99. The highest BCUT2D eigenvalue weighted by Gasteiger charge is 2.17. The van der Waals surface area contributed by atoms with E-state index < -0.39 is 6.10 Å². The number of aliphatic hydroxyl groups excluding tert-OH is 1. The summed E-state index contributed by atoms with van der Waals surface area (Å²) in [6, 6.07) is 0. The molecule has 0 bridgehead atoms. The van der Waals surface area contributed by atoms with E-state index in [1.54, 1.807) is 23.3 Å². The number of hydrogen-bond acceptors (Lipinski definition) is 6. The first-order valence-corrected chi connectivity index (χ1v) is 7.03. The monoisotopic (exact) mass is 310 g/mol. The third kappa shape index (κ3) is 4.95. The van der Waals surface area contributed by atoms with Crippen molar-refractivity contribution in [2.45, 2.75) is 33.3 Å². The first kappa shape index (κ1) is 15.7. The van der Waals surface area contributed by atoms with E-state index in [-0.39, 0.29) is 10.7 Å². The van der Waals surface area contributed by atoms with Crippen LogP contribution in [0.3, 0.4) is 0 Å². The van der Waals surface area contributed by atoms with E-state index in [0.717, 1.165) is 0 Å². The molecule has 0 aliphatic rings. The first-order valence-electron chi connectivity index (χ1n) is 6.65. The predicted molar refractivity (Wildman–Crippen MR) is 80.5 cm³/mol. The molecule has 21 heavy (non-hydrogen) atoms. The van der Waals surface area contributed by atoms with Gasteiger partial charge in [-0.1, -0.05) is 20.8 Å². The van der Waals surface area contributed by atoms with Crippen LogP contribution < -0.4 is 5.32 Å². The fourth-order valence-corrected chi connectivity index (χ4v) is 2.06. The molecule has 2 aromatic rings. The SMILES string of the molecule is CC(C)(C)CC(O)CNc1nc(Cl)nc(-n2ccnc2)n1. The molecule has 0 saturated carbocycles. The summed E-state index contributed by atoms with van der Waals surface area (Å²) < 4.78 is 1.63. The molecule has 7 nitrogen and oxygen atoms in total. The van der Waals surface area contributed by atoms with Crippen LogP contribution in [0, 0.1) is 5.41 Å². The van der Waals surface area contributed by atoms with Crippen molar-refractivity contribution in [3.63, 3.8) is 0 Å². The summed E-state index contributed by atoms with van der Waals surface area (Å²) >= 11 is 5.89. The van der Waals surface area contributed by atoms with E-state index in [1.807, 2.05) is 0 Å². The summed E-state index contributed by atoms with van der Waals surface area (Å²) in [7, 11) is 0. The third-order valence-electron chi connectivity index (χ3n) is 2.68. The molecule has 114 valence electrons. The Labute approximate surface area is 128 Å². The number of aromatic nitrogens is 5. The van der Waals surface area contributed by atoms with Crippen molar-refractivity contribution < 1.29 is 5.11 Å². The smallest absolute Gasteiger partial charge is 0.241 e. The van der Waals surface area contributed by atoms with Gasteiger partial charge in [-0.3, -0.25) is 4.57 Å². The Morgan fingerprint density at radius 2 is 2.10 bits per heavy atom. The molecule has 2 aromatic heterocycles. The molecule has 2 rings (SSSR count). The number of imidazole rings is 1. The Balaban J connectivity index is 2.04. The van der Waals surface area contributed by atoms with E-state index in [4.69, 9.17) is 11.6 Å². The van der Waals surface area contributed by atoms with Gasteiger partial charge in [0.25, 0.3) is 0 Å². The Hall–Kier alpha value is -1.73. The zero-order chi connectivity index (χ0) is 15.5. The zero-order valence-electron chi connectivity index (χ0n) is 12.3. The lowest BCUT2D eigenvalue weighted by Crippen LogP contribution is -2.26. The number of hydrogen-bond donors (Lipinski definition) is 2. The minimum absolute atomic E-state index is 0.0554. The summed E-state index contributed by atoms with van der Waals surface area (Å²) in [5.41, 5.74) is 0.0554. The molecule has 8 heteroatoms. The van der Waals surface area contributed by atoms with Crippen molar-refractivity contribution in [1.29, 1.82) is 0 Å².